The Labute approximate surface area is 104 Å². The van der Waals surface area contributed by atoms with Crippen LogP contribution in [0.15, 0.2) is 0 Å². The molecule has 2 aliphatic rings. The van der Waals surface area contributed by atoms with E-state index >= 15 is 0 Å². The van der Waals surface area contributed by atoms with Gasteiger partial charge in [0.2, 0.25) is 0 Å². The molecule has 1 atom stereocenters. The molecule has 98 valence electrons. The van der Waals surface area contributed by atoms with Crippen LogP contribution in [0.3, 0.4) is 0 Å². The molecule has 0 amide bonds. The largest absolute Gasteiger partial charge is 0.468 e. The average molecular weight is 240 g/mol. The minimum absolute atomic E-state index is 0.0636. The molecule has 17 heavy (non-hydrogen) atoms. The Kier molecular flexibility index (Phi) is 4.05. The van der Waals surface area contributed by atoms with Crippen molar-refractivity contribution in [2.24, 2.45) is 5.92 Å². The van der Waals surface area contributed by atoms with E-state index in [1.54, 1.807) is 0 Å². The fourth-order valence-electron chi connectivity index (χ4n) is 2.78. The van der Waals surface area contributed by atoms with E-state index in [2.05, 4.69) is 17.1 Å². The molecule has 1 unspecified atom stereocenters. The third-order valence-corrected chi connectivity index (χ3v) is 4.05. The molecule has 0 spiro atoms. The summed E-state index contributed by atoms with van der Waals surface area (Å²) in [4.78, 5) is 14.4. The van der Waals surface area contributed by atoms with Gasteiger partial charge in [-0.05, 0) is 32.2 Å². The number of nitrogens with one attached hydrogen (secondary N) is 1. The predicted molar refractivity (Wildman–Crippen MR) is 66.8 cm³/mol. The zero-order valence-corrected chi connectivity index (χ0v) is 11.0. The maximum Gasteiger partial charge on any atom is 0.326 e. The molecule has 1 saturated carbocycles. The standard InChI is InChI=1S/C13H24N2O2/c1-13(12(16)17-2,10-11-4-5-11)15-8-3-6-14-7-9-15/h11,14H,3-10H2,1-2H3. The van der Waals surface area contributed by atoms with E-state index in [1.165, 1.54) is 20.0 Å². The summed E-state index contributed by atoms with van der Waals surface area (Å²) in [6.45, 7) is 6.01. The van der Waals surface area contributed by atoms with Gasteiger partial charge in [-0.1, -0.05) is 12.8 Å². The Morgan fingerprint density at radius 3 is 2.82 bits per heavy atom. The summed E-state index contributed by atoms with van der Waals surface area (Å²) in [6, 6.07) is 0. The summed E-state index contributed by atoms with van der Waals surface area (Å²) in [6.07, 6.45) is 4.62. The van der Waals surface area contributed by atoms with Gasteiger partial charge in [-0.15, -0.1) is 0 Å². The molecular weight excluding hydrogens is 216 g/mol. The highest BCUT2D eigenvalue weighted by atomic mass is 16.5. The van der Waals surface area contributed by atoms with Gasteiger partial charge in [-0.25, -0.2) is 0 Å². The number of esters is 1. The molecule has 0 radical (unpaired) electrons. The summed E-state index contributed by atoms with van der Waals surface area (Å²) in [5.74, 6) is 0.668. The Morgan fingerprint density at radius 2 is 2.18 bits per heavy atom. The number of carbonyl (C=O) groups excluding carboxylic acids is 1. The lowest BCUT2D eigenvalue weighted by atomic mass is 9.92. The summed E-state index contributed by atoms with van der Waals surface area (Å²) in [5.41, 5.74) is -0.415. The molecule has 1 aliphatic carbocycles. The van der Waals surface area contributed by atoms with Crippen LogP contribution in [-0.2, 0) is 9.53 Å². The number of carbonyl (C=O) groups is 1. The average Bonchev–Trinajstić information content (AvgIpc) is 3.13. The SMILES string of the molecule is COC(=O)C(C)(CC1CC1)N1CCCNCC1. The van der Waals surface area contributed by atoms with Crippen molar-refractivity contribution in [3.8, 4) is 0 Å². The van der Waals surface area contributed by atoms with Gasteiger partial charge in [0.25, 0.3) is 0 Å². The minimum atomic E-state index is -0.415. The van der Waals surface area contributed by atoms with E-state index in [9.17, 15) is 4.79 Å². The molecule has 0 aromatic carbocycles. The Bertz CT molecular complexity index is 271. The molecule has 1 saturated heterocycles. The number of hydrogen-bond donors (Lipinski definition) is 1. The summed E-state index contributed by atoms with van der Waals surface area (Å²) >= 11 is 0. The van der Waals surface area contributed by atoms with Gasteiger partial charge >= 0.3 is 5.97 Å². The minimum Gasteiger partial charge on any atom is -0.468 e. The number of nitrogens with zero attached hydrogens (tertiary/aromatic N) is 1. The lowest BCUT2D eigenvalue weighted by Crippen LogP contribution is -2.54. The fourth-order valence-corrected chi connectivity index (χ4v) is 2.78. The van der Waals surface area contributed by atoms with Gasteiger partial charge in [-0.3, -0.25) is 9.69 Å². The van der Waals surface area contributed by atoms with E-state index in [-0.39, 0.29) is 5.97 Å². The van der Waals surface area contributed by atoms with Crippen LogP contribution in [0.1, 0.15) is 32.6 Å². The van der Waals surface area contributed by atoms with Crippen molar-refractivity contribution in [3.05, 3.63) is 0 Å². The third kappa shape index (κ3) is 2.99. The molecule has 0 aromatic heterocycles. The first-order valence-electron chi connectivity index (χ1n) is 6.71. The van der Waals surface area contributed by atoms with Crippen LogP contribution in [-0.4, -0.2) is 49.7 Å². The Morgan fingerprint density at radius 1 is 1.41 bits per heavy atom. The molecule has 1 aliphatic heterocycles. The van der Waals surface area contributed by atoms with Crippen LogP contribution in [0.25, 0.3) is 0 Å². The van der Waals surface area contributed by atoms with Gasteiger partial charge in [0, 0.05) is 19.6 Å². The first kappa shape index (κ1) is 12.8. The number of methoxy groups -OCH3 is 1. The highest BCUT2D eigenvalue weighted by molar-refractivity contribution is 5.80. The maximum atomic E-state index is 12.1. The topological polar surface area (TPSA) is 41.6 Å². The van der Waals surface area contributed by atoms with Crippen LogP contribution in [0.4, 0.5) is 0 Å². The lowest BCUT2D eigenvalue weighted by Gasteiger charge is -2.38. The van der Waals surface area contributed by atoms with E-state index in [0.717, 1.165) is 44.9 Å². The van der Waals surface area contributed by atoms with E-state index < -0.39 is 5.54 Å². The molecule has 1 heterocycles. The normalized spacial score (nSPS) is 26.0. The third-order valence-electron chi connectivity index (χ3n) is 4.05. The first-order valence-corrected chi connectivity index (χ1v) is 6.71. The van der Waals surface area contributed by atoms with Crippen molar-refractivity contribution < 1.29 is 9.53 Å². The summed E-state index contributed by atoms with van der Waals surface area (Å²) in [5, 5.41) is 3.38. The van der Waals surface area contributed by atoms with Gasteiger partial charge in [0.1, 0.15) is 5.54 Å². The zero-order chi connectivity index (χ0) is 12.3. The zero-order valence-electron chi connectivity index (χ0n) is 11.0. The van der Waals surface area contributed by atoms with Crippen LogP contribution < -0.4 is 5.32 Å². The van der Waals surface area contributed by atoms with Crippen molar-refractivity contribution in [1.82, 2.24) is 10.2 Å². The molecule has 2 rings (SSSR count). The molecule has 4 heteroatoms. The molecule has 2 fully saturated rings. The molecular formula is C13H24N2O2. The molecule has 0 aromatic rings. The van der Waals surface area contributed by atoms with Crippen molar-refractivity contribution >= 4 is 5.97 Å². The second kappa shape index (κ2) is 5.36. The predicted octanol–water partition coefficient (Wildman–Crippen LogP) is 1.01. The Hall–Kier alpha value is -0.610. The first-order chi connectivity index (χ1) is 8.16. The number of ether oxygens (including phenoxy) is 1. The van der Waals surface area contributed by atoms with E-state index in [0.29, 0.717) is 0 Å². The van der Waals surface area contributed by atoms with Crippen molar-refractivity contribution in [2.45, 2.75) is 38.1 Å². The van der Waals surface area contributed by atoms with Crippen LogP contribution in [0.2, 0.25) is 0 Å². The molecule has 1 N–H and O–H groups in total. The lowest BCUT2D eigenvalue weighted by molar-refractivity contribution is -0.155. The number of hydrogen-bond acceptors (Lipinski definition) is 4. The van der Waals surface area contributed by atoms with Crippen molar-refractivity contribution in [2.75, 3.05) is 33.3 Å². The van der Waals surface area contributed by atoms with Crippen LogP contribution in [0.5, 0.6) is 0 Å². The van der Waals surface area contributed by atoms with Gasteiger partial charge in [-0.2, -0.15) is 0 Å². The highest BCUT2D eigenvalue weighted by Crippen LogP contribution is 2.39. The monoisotopic (exact) mass is 240 g/mol. The molecule has 4 nitrogen and oxygen atoms in total. The van der Waals surface area contributed by atoms with Gasteiger partial charge < -0.3 is 10.1 Å². The highest BCUT2D eigenvalue weighted by Gasteiger charge is 2.44. The maximum absolute atomic E-state index is 12.1. The summed E-state index contributed by atoms with van der Waals surface area (Å²) < 4.78 is 5.04. The van der Waals surface area contributed by atoms with Gasteiger partial charge in [0.05, 0.1) is 7.11 Å². The second-order valence-electron chi connectivity index (χ2n) is 5.50. The van der Waals surface area contributed by atoms with Crippen molar-refractivity contribution in [3.63, 3.8) is 0 Å². The van der Waals surface area contributed by atoms with Gasteiger partial charge in [0.15, 0.2) is 0 Å². The van der Waals surface area contributed by atoms with Crippen LogP contribution >= 0.6 is 0 Å². The Balaban J connectivity index is 2.08. The second-order valence-corrected chi connectivity index (χ2v) is 5.50. The fraction of sp³-hybridized carbons (Fsp3) is 0.923. The van der Waals surface area contributed by atoms with Crippen molar-refractivity contribution in [1.29, 1.82) is 0 Å². The number of rotatable bonds is 4. The van der Waals surface area contributed by atoms with Crippen LogP contribution in [0, 0.1) is 5.92 Å². The van der Waals surface area contributed by atoms with E-state index in [1.807, 2.05) is 0 Å². The smallest absolute Gasteiger partial charge is 0.326 e. The van der Waals surface area contributed by atoms with E-state index in [4.69, 9.17) is 4.74 Å². The summed E-state index contributed by atoms with van der Waals surface area (Å²) in [7, 11) is 1.50. The molecule has 0 bridgehead atoms. The quantitative estimate of drug-likeness (QED) is 0.745.